The third-order valence-electron chi connectivity index (χ3n) is 4.86. The van der Waals surface area contributed by atoms with E-state index in [1.165, 1.54) is 13.0 Å². The molecule has 3 aromatic carbocycles. The van der Waals surface area contributed by atoms with Gasteiger partial charge < -0.3 is 10.1 Å². The fourth-order valence-electron chi connectivity index (χ4n) is 3.33. The predicted molar refractivity (Wildman–Crippen MR) is 111 cm³/mol. The van der Waals surface area contributed by atoms with E-state index in [0.717, 1.165) is 15.7 Å². The SMILES string of the molecule is C[C@@H](OC(=O)CN1C(=O)C(=O)c2ccccc21)C(=O)Nc1ccc2ccccc2c1. The maximum Gasteiger partial charge on any atom is 0.326 e. The number of carbonyl (C=O) groups is 4. The number of ether oxygens (including phenoxy) is 1. The number of ketones is 1. The molecule has 1 atom stereocenters. The smallest absolute Gasteiger partial charge is 0.326 e. The van der Waals surface area contributed by atoms with E-state index < -0.39 is 36.2 Å². The Morgan fingerprint density at radius 2 is 1.67 bits per heavy atom. The van der Waals surface area contributed by atoms with E-state index in [-0.39, 0.29) is 5.56 Å². The van der Waals surface area contributed by atoms with Crippen molar-refractivity contribution in [2.75, 3.05) is 16.8 Å². The van der Waals surface area contributed by atoms with Gasteiger partial charge in [0.05, 0.1) is 11.3 Å². The summed E-state index contributed by atoms with van der Waals surface area (Å²) < 4.78 is 5.18. The quantitative estimate of drug-likeness (QED) is 0.523. The number of anilines is 2. The van der Waals surface area contributed by atoms with Gasteiger partial charge in [-0.2, -0.15) is 0 Å². The Balaban J connectivity index is 1.39. The van der Waals surface area contributed by atoms with Crippen molar-refractivity contribution in [2.24, 2.45) is 0 Å². The molecule has 0 aromatic heterocycles. The van der Waals surface area contributed by atoms with Crippen LogP contribution in [0.15, 0.2) is 66.7 Å². The number of benzene rings is 3. The third kappa shape index (κ3) is 3.65. The van der Waals surface area contributed by atoms with Gasteiger partial charge in [0.2, 0.25) is 0 Å². The molecule has 3 aromatic rings. The molecular formula is C23H18N2O5. The Hall–Kier alpha value is -4.00. The molecule has 0 saturated carbocycles. The summed E-state index contributed by atoms with van der Waals surface area (Å²) in [4.78, 5) is 49.9. The molecule has 1 heterocycles. The molecule has 0 fully saturated rings. The van der Waals surface area contributed by atoms with E-state index in [1.807, 2.05) is 36.4 Å². The molecule has 0 radical (unpaired) electrons. The number of hydrogen-bond acceptors (Lipinski definition) is 5. The summed E-state index contributed by atoms with van der Waals surface area (Å²) >= 11 is 0. The number of rotatable bonds is 5. The number of carbonyl (C=O) groups excluding carboxylic acids is 4. The van der Waals surface area contributed by atoms with Crippen molar-refractivity contribution in [3.8, 4) is 0 Å². The summed E-state index contributed by atoms with van der Waals surface area (Å²) in [7, 11) is 0. The predicted octanol–water partition coefficient (Wildman–Crippen LogP) is 2.94. The third-order valence-corrected chi connectivity index (χ3v) is 4.86. The van der Waals surface area contributed by atoms with E-state index in [1.54, 1.807) is 24.3 Å². The van der Waals surface area contributed by atoms with Crippen molar-refractivity contribution in [2.45, 2.75) is 13.0 Å². The molecule has 7 heteroatoms. The highest BCUT2D eigenvalue weighted by Gasteiger charge is 2.37. The minimum absolute atomic E-state index is 0.248. The first-order valence-electron chi connectivity index (χ1n) is 9.38. The molecule has 1 aliphatic heterocycles. The molecule has 2 amide bonds. The molecule has 0 bridgehead atoms. The Bertz CT molecular complexity index is 1190. The monoisotopic (exact) mass is 402 g/mol. The van der Waals surface area contributed by atoms with Gasteiger partial charge in [0, 0.05) is 5.69 Å². The van der Waals surface area contributed by atoms with E-state index in [4.69, 9.17) is 4.74 Å². The zero-order valence-corrected chi connectivity index (χ0v) is 16.1. The average molecular weight is 402 g/mol. The lowest BCUT2D eigenvalue weighted by molar-refractivity contribution is -0.152. The summed E-state index contributed by atoms with van der Waals surface area (Å²) in [6, 6.07) is 19.6. The van der Waals surface area contributed by atoms with Crippen LogP contribution in [0.2, 0.25) is 0 Å². The summed E-state index contributed by atoms with van der Waals surface area (Å²) in [5.41, 5.74) is 1.19. The maximum atomic E-state index is 12.4. The summed E-state index contributed by atoms with van der Waals surface area (Å²) in [6.07, 6.45) is -1.08. The van der Waals surface area contributed by atoms with Crippen molar-refractivity contribution in [3.63, 3.8) is 0 Å². The number of para-hydroxylation sites is 1. The number of Topliss-reactive ketones (excluding diaryl/α,β-unsaturated/α-hetero) is 1. The lowest BCUT2D eigenvalue weighted by Crippen LogP contribution is -2.38. The van der Waals surface area contributed by atoms with Gasteiger partial charge in [-0.15, -0.1) is 0 Å². The molecule has 150 valence electrons. The molecule has 0 spiro atoms. The Labute approximate surface area is 172 Å². The number of esters is 1. The van der Waals surface area contributed by atoms with Crippen molar-refractivity contribution in [1.82, 2.24) is 0 Å². The van der Waals surface area contributed by atoms with Crippen LogP contribution in [0.1, 0.15) is 17.3 Å². The molecular weight excluding hydrogens is 384 g/mol. The van der Waals surface area contributed by atoms with Crippen molar-refractivity contribution in [1.29, 1.82) is 0 Å². The van der Waals surface area contributed by atoms with Gasteiger partial charge >= 0.3 is 5.97 Å². The van der Waals surface area contributed by atoms with Gasteiger partial charge in [-0.3, -0.25) is 24.1 Å². The highest BCUT2D eigenvalue weighted by molar-refractivity contribution is 6.52. The number of nitrogens with one attached hydrogen (secondary N) is 1. The molecule has 4 rings (SSSR count). The Morgan fingerprint density at radius 1 is 0.967 bits per heavy atom. The zero-order valence-electron chi connectivity index (χ0n) is 16.1. The lowest BCUT2D eigenvalue weighted by Gasteiger charge is -2.18. The molecule has 1 N–H and O–H groups in total. The van der Waals surface area contributed by atoms with Crippen LogP contribution < -0.4 is 10.2 Å². The average Bonchev–Trinajstić information content (AvgIpc) is 2.98. The first kappa shape index (κ1) is 19.3. The lowest BCUT2D eigenvalue weighted by atomic mass is 10.1. The van der Waals surface area contributed by atoms with Crippen molar-refractivity contribution >= 4 is 45.7 Å². The molecule has 7 nitrogen and oxygen atoms in total. The first-order chi connectivity index (χ1) is 14.4. The fourth-order valence-corrected chi connectivity index (χ4v) is 3.33. The van der Waals surface area contributed by atoms with Gasteiger partial charge in [-0.05, 0) is 42.0 Å². The van der Waals surface area contributed by atoms with Crippen molar-refractivity contribution in [3.05, 3.63) is 72.3 Å². The van der Waals surface area contributed by atoms with Gasteiger partial charge in [0.25, 0.3) is 17.6 Å². The van der Waals surface area contributed by atoms with Gasteiger partial charge in [-0.25, -0.2) is 0 Å². The second-order valence-electron chi connectivity index (χ2n) is 6.92. The van der Waals surface area contributed by atoms with Gasteiger partial charge in [0.15, 0.2) is 6.10 Å². The first-order valence-corrected chi connectivity index (χ1v) is 9.38. The number of amides is 2. The van der Waals surface area contributed by atoms with Gasteiger partial charge in [0.1, 0.15) is 6.54 Å². The van der Waals surface area contributed by atoms with Crippen LogP contribution in [0, 0.1) is 0 Å². The molecule has 1 aliphatic rings. The second kappa shape index (κ2) is 7.79. The standard InChI is InChI=1S/C23H18N2O5/c1-14(22(28)24-17-11-10-15-6-2-3-7-16(15)12-17)30-20(26)13-25-19-9-5-4-8-18(19)21(27)23(25)29/h2-12,14H,13H2,1H3,(H,24,28)/t14-/m1/s1. The minimum Gasteiger partial charge on any atom is -0.451 e. The van der Waals surface area contributed by atoms with Crippen LogP contribution in [0.3, 0.4) is 0 Å². The largest absolute Gasteiger partial charge is 0.451 e. The van der Waals surface area contributed by atoms with Crippen LogP contribution in [0.4, 0.5) is 11.4 Å². The highest BCUT2D eigenvalue weighted by atomic mass is 16.5. The van der Waals surface area contributed by atoms with Gasteiger partial charge in [-0.1, -0.05) is 42.5 Å². The van der Waals surface area contributed by atoms with E-state index in [0.29, 0.717) is 11.4 Å². The molecule has 0 aliphatic carbocycles. The molecule has 0 unspecified atom stereocenters. The summed E-state index contributed by atoms with van der Waals surface area (Å²) in [6.45, 7) is 0.994. The van der Waals surface area contributed by atoms with Crippen LogP contribution in [0.25, 0.3) is 10.8 Å². The van der Waals surface area contributed by atoms with Crippen LogP contribution in [-0.4, -0.2) is 36.2 Å². The number of hydrogen-bond donors (Lipinski definition) is 1. The minimum atomic E-state index is -1.08. The van der Waals surface area contributed by atoms with Crippen LogP contribution >= 0.6 is 0 Å². The maximum absolute atomic E-state index is 12.4. The van der Waals surface area contributed by atoms with Crippen LogP contribution in [-0.2, 0) is 19.1 Å². The second-order valence-corrected chi connectivity index (χ2v) is 6.92. The van der Waals surface area contributed by atoms with Crippen molar-refractivity contribution < 1.29 is 23.9 Å². The fraction of sp³-hybridized carbons (Fsp3) is 0.130. The summed E-state index contributed by atoms with van der Waals surface area (Å²) in [5.74, 6) is -2.74. The number of fused-ring (bicyclic) bond motifs is 2. The van der Waals surface area contributed by atoms with E-state index in [9.17, 15) is 19.2 Å². The van der Waals surface area contributed by atoms with E-state index >= 15 is 0 Å². The Morgan fingerprint density at radius 3 is 2.47 bits per heavy atom. The molecule has 0 saturated heterocycles. The van der Waals surface area contributed by atoms with Crippen LogP contribution in [0.5, 0.6) is 0 Å². The number of nitrogens with zero attached hydrogens (tertiary/aromatic N) is 1. The Kier molecular flexibility index (Phi) is 5.02. The summed E-state index contributed by atoms with van der Waals surface area (Å²) in [5, 5.41) is 4.72. The molecule has 30 heavy (non-hydrogen) atoms. The highest BCUT2D eigenvalue weighted by Crippen LogP contribution is 2.28. The zero-order chi connectivity index (χ0) is 21.3. The topological polar surface area (TPSA) is 92.8 Å². The normalized spacial score (nSPS) is 13.8. The van der Waals surface area contributed by atoms with E-state index in [2.05, 4.69) is 5.32 Å².